The highest BCUT2D eigenvalue weighted by Crippen LogP contribution is 2.11. The number of piperazine rings is 1. The Kier molecular flexibility index (Phi) is 6.40. The molecular formula is C17H25N3O3. The van der Waals surface area contributed by atoms with Crippen LogP contribution in [0.3, 0.4) is 0 Å². The second kappa shape index (κ2) is 8.53. The maximum atomic E-state index is 12.1. The lowest BCUT2D eigenvalue weighted by molar-refractivity contribution is -0.132. The molecule has 1 aromatic carbocycles. The zero-order valence-electron chi connectivity index (χ0n) is 13.9. The predicted octanol–water partition coefficient (Wildman–Crippen LogP) is 1.44. The van der Waals surface area contributed by atoms with Crippen molar-refractivity contribution in [1.29, 1.82) is 0 Å². The normalized spacial score (nSPS) is 15.3. The highest BCUT2D eigenvalue weighted by molar-refractivity contribution is 5.89. The number of ether oxygens (including phenoxy) is 1. The van der Waals surface area contributed by atoms with Crippen LogP contribution >= 0.6 is 0 Å². The number of carbonyl (C=O) groups excluding carboxylic acids is 2. The minimum Gasteiger partial charge on any atom is -0.462 e. The van der Waals surface area contributed by atoms with Crippen molar-refractivity contribution in [2.75, 3.05) is 51.7 Å². The van der Waals surface area contributed by atoms with Gasteiger partial charge in [-0.15, -0.1) is 0 Å². The van der Waals surface area contributed by atoms with Gasteiger partial charge in [0.25, 0.3) is 0 Å². The van der Waals surface area contributed by atoms with Crippen molar-refractivity contribution in [3.8, 4) is 0 Å². The number of benzene rings is 1. The molecule has 0 radical (unpaired) electrons. The molecule has 23 heavy (non-hydrogen) atoms. The number of likely N-dealkylation sites (N-methyl/N-ethyl adjacent to an activating group) is 1. The van der Waals surface area contributed by atoms with Gasteiger partial charge in [-0.3, -0.25) is 4.79 Å². The van der Waals surface area contributed by atoms with Crippen LogP contribution in [0.4, 0.5) is 5.69 Å². The van der Waals surface area contributed by atoms with E-state index >= 15 is 0 Å². The summed E-state index contributed by atoms with van der Waals surface area (Å²) in [6.07, 6.45) is 0.476. The Labute approximate surface area is 137 Å². The van der Waals surface area contributed by atoms with E-state index in [0.717, 1.165) is 31.9 Å². The number of nitrogens with zero attached hydrogens (tertiary/aromatic N) is 2. The van der Waals surface area contributed by atoms with Crippen molar-refractivity contribution in [2.24, 2.45) is 0 Å². The second-order valence-corrected chi connectivity index (χ2v) is 5.66. The average molecular weight is 319 g/mol. The summed E-state index contributed by atoms with van der Waals surface area (Å²) in [5, 5.41) is 3.21. The monoisotopic (exact) mass is 319 g/mol. The topological polar surface area (TPSA) is 61.9 Å². The van der Waals surface area contributed by atoms with Crippen LogP contribution in [0.2, 0.25) is 0 Å². The fraction of sp³-hybridized carbons (Fsp3) is 0.529. The Morgan fingerprint density at radius 2 is 1.78 bits per heavy atom. The van der Waals surface area contributed by atoms with E-state index in [1.54, 1.807) is 19.1 Å². The molecule has 0 aliphatic carbocycles. The van der Waals surface area contributed by atoms with Crippen LogP contribution in [0, 0.1) is 0 Å². The van der Waals surface area contributed by atoms with Gasteiger partial charge < -0.3 is 19.9 Å². The summed E-state index contributed by atoms with van der Waals surface area (Å²) in [6, 6.07) is 7.10. The smallest absolute Gasteiger partial charge is 0.338 e. The largest absolute Gasteiger partial charge is 0.462 e. The van der Waals surface area contributed by atoms with E-state index in [2.05, 4.69) is 17.3 Å². The molecule has 6 nitrogen and oxygen atoms in total. The third-order valence-electron chi connectivity index (χ3n) is 3.92. The van der Waals surface area contributed by atoms with Crippen molar-refractivity contribution >= 4 is 17.6 Å². The number of hydrogen-bond acceptors (Lipinski definition) is 5. The molecule has 6 heteroatoms. The maximum Gasteiger partial charge on any atom is 0.338 e. The predicted molar refractivity (Wildman–Crippen MR) is 89.6 cm³/mol. The number of hydrogen-bond donors (Lipinski definition) is 1. The van der Waals surface area contributed by atoms with E-state index in [4.69, 9.17) is 4.74 Å². The first-order chi connectivity index (χ1) is 11.1. The Bertz CT molecular complexity index is 522. The Morgan fingerprint density at radius 1 is 1.13 bits per heavy atom. The Morgan fingerprint density at radius 3 is 2.39 bits per heavy atom. The van der Waals surface area contributed by atoms with Crippen LogP contribution in [0.5, 0.6) is 0 Å². The van der Waals surface area contributed by atoms with E-state index in [-0.39, 0.29) is 11.9 Å². The summed E-state index contributed by atoms with van der Waals surface area (Å²) < 4.78 is 4.94. The van der Waals surface area contributed by atoms with Crippen molar-refractivity contribution in [1.82, 2.24) is 9.80 Å². The summed E-state index contributed by atoms with van der Waals surface area (Å²) in [5.41, 5.74) is 1.43. The maximum absolute atomic E-state index is 12.1. The van der Waals surface area contributed by atoms with Gasteiger partial charge >= 0.3 is 5.97 Å². The number of esters is 1. The molecule has 1 fully saturated rings. The average Bonchev–Trinajstić information content (AvgIpc) is 2.56. The van der Waals surface area contributed by atoms with Gasteiger partial charge in [-0.2, -0.15) is 0 Å². The van der Waals surface area contributed by atoms with Crippen molar-refractivity contribution in [2.45, 2.75) is 13.3 Å². The summed E-state index contributed by atoms with van der Waals surface area (Å²) >= 11 is 0. The molecule has 0 aromatic heterocycles. The van der Waals surface area contributed by atoms with Gasteiger partial charge in [0, 0.05) is 44.8 Å². The van der Waals surface area contributed by atoms with Gasteiger partial charge in [-0.05, 0) is 38.2 Å². The summed E-state index contributed by atoms with van der Waals surface area (Å²) in [4.78, 5) is 27.8. The third kappa shape index (κ3) is 5.25. The fourth-order valence-corrected chi connectivity index (χ4v) is 2.47. The number of carbonyl (C=O) groups is 2. The molecule has 2 rings (SSSR count). The molecule has 126 valence electrons. The van der Waals surface area contributed by atoms with Crippen molar-refractivity contribution < 1.29 is 14.3 Å². The van der Waals surface area contributed by atoms with Gasteiger partial charge in [0.05, 0.1) is 12.2 Å². The first-order valence-corrected chi connectivity index (χ1v) is 8.07. The van der Waals surface area contributed by atoms with E-state index in [1.807, 2.05) is 17.0 Å². The Hall–Kier alpha value is -2.08. The second-order valence-electron chi connectivity index (χ2n) is 5.66. The molecule has 1 aliphatic heterocycles. The minimum atomic E-state index is -0.315. The lowest BCUT2D eigenvalue weighted by atomic mass is 10.2. The SMILES string of the molecule is CCOC(=O)c1ccc(NCCC(=O)N2CCN(C)CC2)cc1. The highest BCUT2D eigenvalue weighted by Gasteiger charge is 2.18. The lowest BCUT2D eigenvalue weighted by Gasteiger charge is -2.32. The molecular weight excluding hydrogens is 294 g/mol. The summed E-state index contributed by atoms with van der Waals surface area (Å²) in [6.45, 7) is 6.23. The first-order valence-electron chi connectivity index (χ1n) is 8.07. The van der Waals surface area contributed by atoms with Gasteiger partial charge in [0.1, 0.15) is 0 Å². The fourth-order valence-electron chi connectivity index (χ4n) is 2.47. The van der Waals surface area contributed by atoms with Crippen LogP contribution < -0.4 is 5.32 Å². The highest BCUT2D eigenvalue weighted by atomic mass is 16.5. The zero-order valence-corrected chi connectivity index (χ0v) is 13.9. The number of nitrogens with one attached hydrogen (secondary N) is 1. The van der Waals surface area contributed by atoms with Crippen LogP contribution in [-0.2, 0) is 9.53 Å². The molecule has 0 saturated carbocycles. The lowest BCUT2D eigenvalue weighted by Crippen LogP contribution is -2.47. The molecule has 0 spiro atoms. The standard InChI is InChI=1S/C17H25N3O3/c1-3-23-17(22)14-4-6-15(7-5-14)18-9-8-16(21)20-12-10-19(2)11-13-20/h4-7,18H,3,8-13H2,1-2H3. The first kappa shape index (κ1) is 17.3. The molecule has 0 unspecified atom stereocenters. The quantitative estimate of drug-likeness (QED) is 0.804. The van der Waals surface area contributed by atoms with Gasteiger partial charge in [0.2, 0.25) is 5.91 Å². The van der Waals surface area contributed by atoms with E-state index in [1.165, 1.54) is 0 Å². The molecule has 1 saturated heterocycles. The van der Waals surface area contributed by atoms with Crippen molar-refractivity contribution in [3.05, 3.63) is 29.8 Å². The number of rotatable bonds is 6. The van der Waals surface area contributed by atoms with Gasteiger partial charge in [0.15, 0.2) is 0 Å². The molecule has 1 aliphatic rings. The van der Waals surface area contributed by atoms with E-state index in [9.17, 15) is 9.59 Å². The molecule has 1 N–H and O–H groups in total. The van der Waals surface area contributed by atoms with Crippen LogP contribution in [0.1, 0.15) is 23.7 Å². The molecule has 1 aromatic rings. The Balaban J connectivity index is 1.73. The van der Waals surface area contributed by atoms with Crippen LogP contribution in [0.15, 0.2) is 24.3 Å². The summed E-state index contributed by atoms with van der Waals surface area (Å²) in [5.74, 6) is -0.127. The molecule has 0 atom stereocenters. The summed E-state index contributed by atoms with van der Waals surface area (Å²) in [7, 11) is 2.07. The minimum absolute atomic E-state index is 0.189. The van der Waals surface area contributed by atoms with Gasteiger partial charge in [-0.25, -0.2) is 4.79 Å². The molecule has 1 heterocycles. The van der Waals surface area contributed by atoms with Crippen LogP contribution in [0.25, 0.3) is 0 Å². The third-order valence-corrected chi connectivity index (χ3v) is 3.92. The molecule has 0 bridgehead atoms. The number of anilines is 1. The zero-order chi connectivity index (χ0) is 16.7. The number of amides is 1. The molecule has 1 amide bonds. The van der Waals surface area contributed by atoms with Crippen LogP contribution in [-0.4, -0.2) is 68.1 Å². The van der Waals surface area contributed by atoms with E-state index < -0.39 is 0 Å². The van der Waals surface area contributed by atoms with E-state index in [0.29, 0.717) is 25.1 Å². The van der Waals surface area contributed by atoms with Gasteiger partial charge in [-0.1, -0.05) is 0 Å². The van der Waals surface area contributed by atoms with Crippen molar-refractivity contribution in [3.63, 3.8) is 0 Å².